The molecule has 2 heterocycles. The lowest BCUT2D eigenvalue weighted by atomic mass is 10.1. The molecule has 0 aliphatic carbocycles. The van der Waals surface area contributed by atoms with E-state index in [4.69, 9.17) is 5.73 Å². The van der Waals surface area contributed by atoms with Gasteiger partial charge in [-0.15, -0.1) is 0 Å². The average Bonchev–Trinajstić information content (AvgIpc) is 2.75. The van der Waals surface area contributed by atoms with Crippen LogP contribution in [0.4, 0.5) is 5.13 Å². The normalized spacial score (nSPS) is 15.7. The Labute approximate surface area is 103 Å². The third-order valence-corrected chi connectivity index (χ3v) is 3.18. The number of anilines is 1. The number of carbonyl (C=O) groups excluding carboxylic acids is 2. The monoisotopic (exact) mass is 249 g/mol. The van der Waals surface area contributed by atoms with Crippen LogP contribution in [0.15, 0.2) is 6.20 Å². The molecule has 0 saturated carbocycles. The van der Waals surface area contributed by atoms with Crippen LogP contribution < -0.4 is 10.6 Å². The van der Waals surface area contributed by atoms with Crippen molar-refractivity contribution < 1.29 is 9.59 Å². The van der Waals surface area contributed by atoms with Gasteiger partial charge in [-0.2, -0.15) is 0 Å². The molecule has 0 aromatic carbocycles. The Morgan fingerprint density at radius 1 is 1.41 bits per heavy atom. The van der Waals surface area contributed by atoms with Crippen molar-refractivity contribution >= 4 is 28.3 Å². The summed E-state index contributed by atoms with van der Waals surface area (Å²) in [5.74, 6) is 5.16. The van der Waals surface area contributed by atoms with Gasteiger partial charge in [-0.25, -0.2) is 9.88 Å². The van der Waals surface area contributed by atoms with Crippen molar-refractivity contribution in [2.24, 2.45) is 5.73 Å². The van der Waals surface area contributed by atoms with Crippen LogP contribution >= 0.6 is 11.3 Å². The summed E-state index contributed by atoms with van der Waals surface area (Å²) in [4.78, 5) is 29.2. The number of thiazole rings is 1. The smallest absolute Gasteiger partial charge is 0.235 e. The van der Waals surface area contributed by atoms with Crippen molar-refractivity contribution in [3.05, 3.63) is 11.1 Å². The first-order valence-corrected chi connectivity index (χ1v) is 6.04. The summed E-state index contributed by atoms with van der Waals surface area (Å²) in [5.41, 5.74) is 5.26. The van der Waals surface area contributed by atoms with Crippen LogP contribution in [0.5, 0.6) is 0 Å². The van der Waals surface area contributed by atoms with E-state index in [0.29, 0.717) is 29.3 Å². The van der Waals surface area contributed by atoms with Crippen molar-refractivity contribution in [2.45, 2.75) is 19.3 Å². The molecule has 88 valence electrons. The Bertz CT molecular complexity index is 496. The molecule has 1 aliphatic rings. The number of amides is 2. The summed E-state index contributed by atoms with van der Waals surface area (Å²) >= 11 is 1.23. The molecule has 0 atom stereocenters. The first-order chi connectivity index (χ1) is 8.22. The third kappa shape index (κ3) is 2.52. The van der Waals surface area contributed by atoms with Gasteiger partial charge in [-0.1, -0.05) is 23.2 Å². The minimum Gasteiger partial charge on any atom is -0.320 e. The van der Waals surface area contributed by atoms with E-state index in [-0.39, 0.29) is 18.4 Å². The second-order valence-electron chi connectivity index (χ2n) is 3.49. The van der Waals surface area contributed by atoms with Gasteiger partial charge < -0.3 is 5.73 Å². The zero-order valence-electron chi connectivity index (χ0n) is 9.10. The second kappa shape index (κ2) is 5.08. The molecule has 6 heteroatoms. The van der Waals surface area contributed by atoms with E-state index in [1.807, 2.05) is 0 Å². The number of aromatic nitrogens is 1. The Morgan fingerprint density at radius 3 is 2.76 bits per heavy atom. The second-order valence-corrected chi connectivity index (χ2v) is 4.50. The largest absolute Gasteiger partial charge is 0.320 e. The third-order valence-electron chi connectivity index (χ3n) is 2.28. The van der Waals surface area contributed by atoms with E-state index in [1.54, 1.807) is 6.20 Å². The highest BCUT2D eigenvalue weighted by Gasteiger charge is 2.29. The van der Waals surface area contributed by atoms with Crippen LogP contribution in [0.25, 0.3) is 0 Å². The molecule has 2 N–H and O–H groups in total. The lowest BCUT2D eigenvalue weighted by Crippen LogP contribution is -2.40. The number of imide groups is 1. The summed E-state index contributed by atoms with van der Waals surface area (Å²) in [6.07, 6.45) is 2.97. The van der Waals surface area contributed by atoms with Gasteiger partial charge in [0.2, 0.25) is 11.8 Å². The maximum Gasteiger partial charge on any atom is 0.235 e. The Hall–Kier alpha value is -1.71. The topological polar surface area (TPSA) is 76.3 Å². The summed E-state index contributed by atoms with van der Waals surface area (Å²) in [7, 11) is 0. The van der Waals surface area contributed by atoms with Crippen molar-refractivity contribution in [1.29, 1.82) is 0 Å². The summed E-state index contributed by atoms with van der Waals surface area (Å²) in [6.45, 7) is 0.273. The summed E-state index contributed by atoms with van der Waals surface area (Å²) in [5, 5.41) is 0.404. The standard InChI is InChI=1S/C11H11N3O2S/c12-6-2-3-8-7-13-11(17-8)14-9(15)4-1-5-10(14)16/h7H,1,4-6,12H2. The number of nitrogens with zero attached hydrogens (tertiary/aromatic N) is 2. The van der Waals surface area contributed by atoms with Gasteiger partial charge in [-0.05, 0) is 6.42 Å². The first kappa shape index (κ1) is 11.8. The fraction of sp³-hybridized carbons (Fsp3) is 0.364. The van der Waals surface area contributed by atoms with Crippen LogP contribution in [-0.4, -0.2) is 23.3 Å². The number of hydrogen-bond donors (Lipinski definition) is 1. The van der Waals surface area contributed by atoms with E-state index < -0.39 is 0 Å². The van der Waals surface area contributed by atoms with Crippen molar-refractivity contribution in [3.63, 3.8) is 0 Å². The van der Waals surface area contributed by atoms with Crippen molar-refractivity contribution in [3.8, 4) is 11.8 Å². The van der Waals surface area contributed by atoms with Crippen LogP contribution in [0.1, 0.15) is 24.1 Å². The minimum atomic E-state index is -0.186. The van der Waals surface area contributed by atoms with E-state index in [9.17, 15) is 9.59 Å². The molecule has 1 saturated heterocycles. The molecule has 1 fully saturated rings. The maximum atomic E-state index is 11.6. The summed E-state index contributed by atoms with van der Waals surface area (Å²) in [6, 6.07) is 0. The fourth-order valence-electron chi connectivity index (χ4n) is 1.53. The molecular formula is C11H11N3O2S. The number of carbonyl (C=O) groups is 2. The van der Waals surface area contributed by atoms with E-state index in [0.717, 1.165) is 4.90 Å². The zero-order valence-corrected chi connectivity index (χ0v) is 9.92. The highest BCUT2D eigenvalue weighted by Crippen LogP contribution is 2.26. The van der Waals surface area contributed by atoms with Gasteiger partial charge in [-0.3, -0.25) is 9.59 Å². The quantitative estimate of drug-likeness (QED) is 0.580. The molecular weight excluding hydrogens is 238 g/mol. The molecule has 1 aromatic rings. The first-order valence-electron chi connectivity index (χ1n) is 5.23. The Balaban J connectivity index is 2.24. The molecule has 5 nitrogen and oxygen atoms in total. The van der Waals surface area contributed by atoms with Crippen LogP contribution in [0.3, 0.4) is 0 Å². The SMILES string of the molecule is NCC#Cc1cnc(N2C(=O)CCCC2=O)s1. The lowest BCUT2D eigenvalue weighted by molar-refractivity contribution is -0.129. The molecule has 2 rings (SSSR count). The molecule has 17 heavy (non-hydrogen) atoms. The predicted octanol–water partition coefficient (Wildman–Crippen LogP) is 0.497. The molecule has 0 unspecified atom stereocenters. The lowest BCUT2D eigenvalue weighted by Gasteiger charge is -2.21. The summed E-state index contributed by atoms with van der Waals surface area (Å²) < 4.78 is 0. The van der Waals surface area contributed by atoms with E-state index in [1.165, 1.54) is 11.3 Å². The molecule has 0 bridgehead atoms. The molecule has 0 spiro atoms. The maximum absolute atomic E-state index is 11.6. The number of hydrogen-bond acceptors (Lipinski definition) is 5. The van der Waals surface area contributed by atoms with Gasteiger partial charge in [0.1, 0.15) is 0 Å². The van der Waals surface area contributed by atoms with Gasteiger partial charge >= 0.3 is 0 Å². The van der Waals surface area contributed by atoms with Crippen molar-refractivity contribution in [2.75, 3.05) is 11.4 Å². The van der Waals surface area contributed by atoms with Gasteiger partial charge in [0, 0.05) is 12.8 Å². The minimum absolute atomic E-state index is 0.186. The highest BCUT2D eigenvalue weighted by atomic mass is 32.1. The molecule has 0 radical (unpaired) electrons. The van der Waals surface area contributed by atoms with Crippen LogP contribution in [-0.2, 0) is 9.59 Å². The molecule has 2 amide bonds. The number of rotatable bonds is 1. The Morgan fingerprint density at radius 2 is 2.12 bits per heavy atom. The van der Waals surface area contributed by atoms with Crippen LogP contribution in [0, 0.1) is 11.8 Å². The average molecular weight is 249 g/mol. The van der Waals surface area contributed by atoms with Gasteiger partial charge in [0.15, 0.2) is 5.13 Å². The van der Waals surface area contributed by atoms with Gasteiger partial charge in [0.25, 0.3) is 0 Å². The number of piperidine rings is 1. The predicted molar refractivity (Wildman–Crippen MR) is 64.4 cm³/mol. The van der Waals surface area contributed by atoms with E-state index >= 15 is 0 Å². The molecule has 1 aromatic heterocycles. The number of nitrogens with two attached hydrogens (primary N) is 1. The fourth-order valence-corrected chi connectivity index (χ4v) is 2.36. The highest BCUT2D eigenvalue weighted by molar-refractivity contribution is 7.16. The van der Waals surface area contributed by atoms with Gasteiger partial charge in [0.05, 0.1) is 17.6 Å². The van der Waals surface area contributed by atoms with Crippen molar-refractivity contribution in [1.82, 2.24) is 4.98 Å². The van der Waals surface area contributed by atoms with E-state index in [2.05, 4.69) is 16.8 Å². The Kier molecular flexibility index (Phi) is 3.52. The molecule has 1 aliphatic heterocycles. The van der Waals surface area contributed by atoms with Crippen LogP contribution in [0.2, 0.25) is 0 Å². The zero-order chi connectivity index (χ0) is 12.3.